The Balaban J connectivity index is 2.08. The normalized spacial score (nSPS) is 24.5. The minimum Gasteiger partial charge on any atom is -0.368 e. The van der Waals surface area contributed by atoms with Crippen LogP contribution < -0.4 is 11.1 Å². The van der Waals surface area contributed by atoms with Gasteiger partial charge in [0, 0.05) is 19.0 Å². The zero-order valence-electron chi connectivity index (χ0n) is 15.2. The third kappa shape index (κ3) is 4.11. The maximum absolute atomic E-state index is 13.0. The number of nitrogens with one attached hydrogen (secondary N) is 1. The lowest BCUT2D eigenvalue weighted by molar-refractivity contribution is -0.148. The van der Waals surface area contributed by atoms with Gasteiger partial charge in [0.05, 0.1) is 0 Å². The van der Waals surface area contributed by atoms with Crippen LogP contribution in [0.4, 0.5) is 0 Å². The van der Waals surface area contributed by atoms with Gasteiger partial charge in [-0.05, 0) is 32.6 Å². The smallest absolute Gasteiger partial charge is 0.246 e. The molecule has 2 heterocycles. The van der Waals surface area contributed by atoms with Crippen LogP contribution in [-0.2, 0) is 19.2 Å². The van der Waals surface area contributed by atoms with Gasteiger partial charge in [0.15, 0.2) is 0 Å². The Kier molecular flexibility index (Phi) is 6.02. The summed E-state index contributed by atoms with van der Waals surface area (Å²) < 4.78 is 0. The Labute approximate surface area is 148 Å². The highest BCUT2D eigenvalue weighted by Crippen LogP contribution is 2.26. The standard InChI is InChI=1S/C17H28N4O4/c1-10(2)16(24)21-9-5-7-13(21)17(25)20-8-4-6-12(20)15(23)19-11(3)14(18)22/h10-13H,4-9H2,1-3H3,(H2,18,22)(H,19,23). The van der Waals surface area contributed by atoms with Gasteiger partial charge >= 0.3 is 0 Å². The van der Waals surface area contributed by atoms with Gasteiger partial charge in [-0.2, -0.15) is 0 Å². The molecule has 0 aromatic rings. The average Bonchev–Trinajstić information content (AvgIpc) is 3.22. The number of likely N-dealkylation sites (tertiary alicyclic amines) is 2. The van der Waals surface area contributed by atoms with Gasteiger partial charge in [-0.1, -0.05) is 13.8 Å². The topological polar surface area (TPSA) is 113 Å². The van der Waals surface area contributed by atoms with Gasteiger partial charge in [-0.15, -0.1) is 0 Å². The fraction of sp³-hybridized carbons (Fsp3) is 0.765. The summed E-state index contributed by atoms with van der Waals surface area (Å²) in [5.74, 6) is -1.35. The molecule has 8 heteroatoms. The summed E-state index contributed by atoms with van der Waals surface area (Å²) in [7, 11) is 0. The van der Waals surface area contributed by atoms with E-state index >= 15 is 0 Å². The van der Waals surface area contributed by atoms with E-state index in [1.165, 1.54) is 6.92 Å². The van der Waals surface area contributed by atoms with Crippen LogP contribution in [0.5, 0.6) is 0 Å². The number of rotatable bonds is 5. The lowest BCUT2D eigenvalue weighted by Gasteiger charge is -2.32. The van der Waals surface area contributed by atoms with Crippen LogP contribution in [0.15, 0.2) is 0 Å². The molecule has 2 aliphatic heterocycles. The van der Waals surface area contributed by atoms with E-state index in [0.29, 0.717) is 25.9 Å². The fourth-order valence-corrected chi connectivity index (χ4v) is 3.49. The molecule has 2 fully saturated rings. The van der Waals surface area contributed by atoms with E-state index < -0.39 is 24.0 Å². The summed E-state index contributed by atoms with van der Waals surface area (Å²) in [6.07, 6.45) is 2.69. The zero-order valence-corrected chi connectivity index (χ0v) is 15.2. The maximum atomic E-state index is 13.0. The van der Waals surface area contributed by atoms with E-state index in [-0.39, 0.29) is 23.6 Å². The van der Waals surface area contributed by atoms with Gasteiger partial charge in [-0.25, -0.2) is 0 Å². The van der Waals surface area contributed by atoms with Crippen molar-refractivity contribution in [2.45, 2.75) is 64.6 Å². The predicted molar refractivity (Wildman–Crippen MR) is 91.1 cm³/mol. The molecule has 0 saturated carbocycles. The van der Waals surface area contributed by atoms with Crippen LogP contribution in [0.25, 0.3) is 0 Å². The molecule has 2 saturated heterocycles. The van der Waals surface area contributed by atoms with Crippen LogP contribution in [0.2, 0.25) is 0 Å². The molecule has 3 N–H and O–H groups in total. The Morgan fingerprint density at radius 2 is 1.52 bits per heavy atom. The first-order valence-corrected chi connectivity index (χ1v) is 8.94. The molecule has 0 aliphatic carbocycles. The summed E-state index contributed by atoms with van der Waals surface area (Å²) in [4.78, 5) is 52.1. The van der Waals surface area contributed by atoms with Crippen LogP contribution in [0.3, 0.4) is 0 Å². The van der Waals surface area contributed by atoms with Gasteiger partial charge in [0.1, 0.15) is 18.1 Å². The molecular formula is C17H28N4O4. The summed E-state index contributed by atoms with van der Waals surface area (Å²) >= 11 is 0. The number of hydrogen-bond donors (Lipinski definition) is 2. The summed E-state index contributed by atoms with van der Waals surface area (Å²) in [6, 6.07) is -1.88. The Hall–Kier alpha value is -2.12. The molecule has 0 spiro atoms. The molecule has 0 radical (unpaired) electrons. The minimum absolute atomic E-state index is 0.0293. The van der Waals surface area contributed by atoms with Gasteiger partial charge in [0.25, 0.3) is 0 Å². The highest BCUT2D eigenvalue weighted by atomic mass is 16.2. The van der Waals surface area contributed by atoms with Crippen molar-refractivity contribution < 1.29 is 19.2 Å². The van der Waals surface area contributed by atoms with Crippen molar-refractivity contribution >= 4 is 23.6 Å². The lowest BCUT2D eigenvalue weighted by Crippen LogP contribution is -2.55. The number of carbonyl (C=O) groups is 4. The van der Waals surface area contributed by atoms with Gasteiger partial charge < -0.3 is 20.9 Å². The van der Waals surface area contributed by atoms with E-state index in [4.69, 9.17) is 5.73 Å². The molecule has 3 unspecified atom stereocenters. The number of nitrogens with zero attached hydrogens (tertiary/aromatic N) is 2. The monoisotopic (exact) mass is 352 g/mol. The highest BCUT2D eigenvalue weighted by Gasteiger charge is 2.42. The molecule has 3 atom stereocenters. The number of amides is 4. The van der Waals surface area contributed by atoms with Gasteiger partial charge in [0.2, 0.25) is 23.6 Å². The minimum atomic E-state index is -0.782. The second kappa shape index (κ2) is 7.84. The predicted octanol–water partition coefficient (Wildman–Crippen LogP) is -0.386. The van der Waals surface area contributed by atoms with Gasteiger partial charge in [-0.3, -0.25) is 19.2 Å². The largest absolute Gasteiger partial charge is 0.368 e. The van der Waals surface area contributed by atoms with E-state index in [1.54, 1.807) is 9.80 Å². The molecular weight excluding hydrogens is 324 g/mol. The number of primary amides is 1. The maximum Gasteiger partial charge on any atom is 0.246 e. The number of carbonyl (C=O) groups excluding carboxylic acids is 4. The van der Waals surface area contributed by atoms with Crippen molar-refractivity contribution in [3.63, 3.8) is 0 Å². The van der Waals surface area contributed by atoms with E-state index in [0.717, 1.165) is 12.8 Å². The molecule has 8 nitrogen and oxygen atoms in total. The van der Waals surface area contributed by atoms with Crippen LogP contribution in [0.1, 0.15) is 46.5 Å². The summed E-state index contributed by atoms with van der Waals surface area (Å²) in [5, 5.41) is 2.56. The van der Waals surface area contributed by atoms with Crippen LogP contribution in [0, 0.1) is 5.92 Å². The molecule has 140 valence electrons. The van der Waals surface area contributed by atoms with Crippen LogP contribution in [-0.4, -0.2) is 64.6 Å². The Bertz CT molecular complexity index is 563. The quantitative estimate of drug-likeness (QED) is 0.702. The first-order valence-electron chi connectivity index (χ1n) is 8.94. The highest BCUT2D eigenvalue weighted by molar-refractivity contribution is 5.94. The first-order chi connectivity index (χ1) is 11.7. The second-order valence-corrected chi connectivity index (χ2v) is 7.17. The zero-order chi connectivity index (χ0) is 18.7. The van der Waals surface area contributed by atoms with Crippen molar-refractivity contribution in [1.82, 2.24) is 15.1 Å². The van der Waals surface area contributed by atoms with E-state index in [1.807, 2.05) is 13.8 Å². The van der Waals surface area contributed by atoms with Crippen molar-refractivity contribution in [2.75, 3.05) is 13.1 Å². The fourth-order valence-electron chi connectivity index (χ4n) is 3.49. The number of nitrogens with two attached hydrogens (primary N) is 1. The van der Waals surface area contributed by atoms with E-state index in [9.17, 15) is 19.2 Å². The molecule has 25 heavy (non-hydrogen) atoms. The summed E-state index contributed by atoms with van der Waals surface area (Å²) in [5.41, 5.74) is 5.18. The molecule has 0 bridgehead atoms. The molecule has 2 aliphatic rings. The Morgan fingerprint density at radius 3 is 2.08 bits per heavy atom. The van der Waals surface area contributed by atoms with Crippen LogP contribution >= 0.6 is 0 Å². The first kappa shape index (κ1) is 19.2. The molecule has 0 aromatic heterocycles. The van der Waals surface area contributed by atoms with Crippen molar-refractivity contribution in [3.05, 3.63) is 0 Å². The third-order valence-corrected chi connectivity index (χ3v) is 4.94. The lowest BCUT2D eigenvalue weighted by atomic mass is 10.1. The number of hydrogen-bond acceptors (Lipinski definition) is 4. The van der Waals surface area contributed by atoms with Crippen molar-refractivity contribution in [2.24, 2.45) is 11.7 Å². The molecule has 0 aromatic carbocycles. The molecule has 4 amide bonds. The average molecular weight is 352 g/mol. The summed E-state index contributed by atoms with van der Waals surface area (Å²) in [6.45, 7) is 6.22. The van der Waals surface area contributed by atoms with Crippen molar-refractivity contribution in [1.29, 1.82) is 0 Å². The van der Waals surface area contributed by atoms with E-state index in [2.05, 4.69) is 5.32 Å². The SMILES string of the molecule is CC(C)C(=O)N1CCCC1C(=O)N1CCCC1C(=O)NC(C)C(N)=O. The third-order valence-electron chi connectivity index (χ3n) is 4.94. The van der Waals surface area contributed by atoms with Crippen molar-refractivity contribution in [3.8, 4) is 0 Å². The second-order valence-electron chi connectivity index (χ2n) is 7.17. The Morgan fingerprint density at radius 1 is 0.960 bits per heavy atom. The molecule has 2 rings (SSSR count).